The fourth-order valence-electron chi connectivity index (χ4n) is 7.63. The van der Waals surface area contributed by atoms with E-state index < -0.39 is 21.3 Å². The lowest BCUT2D eigenvalue weighted by molar-refractivity contribution is -0.465. The molecule has 6 aromatic carbocycles. The van der Waals surface area contributed by atoms with Gasteiger partial charge < -0.3 is 4.74 Å². The zero-order valence-corrected chi connectivity index (χ0v) is 41.4. The van der Waals surface area contributed by atoms with Crippen LogP contribution in [-0.2, 0) is 5.41 Å². The molecule has 1 aliphatic rings. The largest absolute Gasteiger partial charge is 0.455 e. The quantitative estimate of drug-likeness (QED) is 0.0443. The number of nitrogens with zero attached hydrogens (tertiary/aromatic N) is 4. The number of nitrogens with two attached hydrogens (primary N) is 4. The summed E-state index contributed by atoms with van der Waals surface area (Å²) in [5, 5.41) is 20.3. The predicted octanol–water partition coefficient (Wildman–Crippen LogP) is 3.63. The molecule has 7 rings (SSSR count). The Kier molecular flexibility index (Phi) is 14.0. The fourth-order valence-corrected chi connectivity index (χ4v) is 12.6. The first-order valence-corrected chi connectivity index (χ1v) is 24.3. The fraction of sp³-hybridized carbons (Fsp3) is 0.216. The van der Waals surface area contributed by atoms with Crippen molar-refractivity contribution in [1.29, 1.82) is 0 Å². The third kappa shape index (κ3) is 10.1. The highest BCUT2D eigenvalue weighted by Gasteiger charge is 2.39. The van der Waals surface area contributed by atoms with Crippen LogP contribution in [0.2, 0.25) is 0 Å². The van der Waals surface area contributed by atoms with Crippen molar-refractivity contribution < 1.29 is 23.0 Å². The first kappa shape index (κ1) is 47.0. The highest BCUT2D eigenvalue weighted by Crippen LogP contribution is 2.52. The summed E-state index contributed by atoms with van der Waals surface area (Å²) in [5.41, 5.74) is 31.0. The molecule has 6 aromatic rings. The van der Waals surface area contributed by atoms with Gasteiger partial charge in [-0.3, -0.25) is 41.2 Å². The molecule has 0 aromatic heterocycles. The molecule has 0 bridgehead atoms. The van der Waals surface area contributed by atoms with Gasteiger partial charge in [-0.2, -0.15) is 0 Å². The van der Waals surface area contributed by atoms with Crippen LogP contribution in [0.3, 0.4) is 0 Å². The Bertz CT molecular complexity index is 2590. The number of rotatable bonds is 10. The van der Waals surface area contributed by atoms with Gasteiger partial charge >= 0.3 is 23.8 Å². The summed E-state index contributed by atoms with van der Waals surface area (Å²) in [7, 11) is 12.9. The molecule has 1 aliphatic heterocycles. The number of hydrogen-bond donors (Lipinski definition) is 8. The number of para-hydroxylation sites is 2. The minimum atomic E-state index is -1.23. The second-order valence-corrected chi connectivity index (χ2v) is 21.9. The first-order valence-electron chi connectivity index (χ1n) is 21.7. The maximum atomic E-state index is 7.58. The molecule has 0 amide bonds. The predicted molar refractivity (Wildman–Crippen MR) is 282 cm³/mol. The second kappa shape index (κ2) is 19.7. The third-order valence-corrected chi connectivity index (χ3v) is 16.3. The molecular weight excluding hydrogens is 859 g/mol. The van der Waals surface area contributed by atoms with Crippen LogP contribution in [0.1, 0.15) is 25.0 Å². The van der Waals surface area contributed by atoms with Gasteiger partial charge in [0.05, 0.1) is 79.1 Å². The first-order chi connectivity index (χ1) is 31.4. The van der Waals surface area contributed by atoms with Crippen LogP contribution in [0, 0.1) is 0 Å². The number of nitrogens with one attached hydrogen (secondary N) is 4. The third-order valence-electron chi connectivity index (χ3n) is 11.5. The van der Waals surface area contributed by atoms with Crippen molar-refractivity contribution in [2.24, 2.45) is 22.9 Å². The Morgan fingerprint density at radius 3 is 0.924 bits per heavy atom. The normalized spacial score (nSPS) is 12.2. The van der Waals surface area contributed by atoms with E-state index in [1.54, 1.807) is 0 Å². The van der Waals surface area contributed by atoms with Gasteiger partial charge in [0.1, 0.15) is 11.5 Å². The molecule has 0 fully saturated rings. The monoisotopic (exact) mass is 922 g/mol. The molecule has 0 spiro atoms. The molecule has 15 heteroatoms. The lowest BCUT2D eigenvalue weighted by Gasteiger charge is -2.38. The summed E-state index contributed by atoms with van der Waals surface area (Å²) in [6.45, 7) is 4.60. The average Bonchev–Trinajstić information content (AvgIpc) is 3.27. The van der Waals surface area contributed by atoms with Crippen LogP contribution in [-0.4, -0.2) is 98.5 Å². The Morgan fingerprint density at radius 1 is 0.409 bits per heavy atom. The van der Waals surface area contributed by atoms with Gasteiger partial charge in [0, 0.05) is 27.2 Å². The SMILES string of the molecule is C[N+](C)=C(N)Nc1cccc(P(c2cccc(NC(N)=[N+](C)C)c2)c2cccc3c2Oc2c(P(c4cccc(NC(N)=[N+](C)C)c4)c4cccc(NC(N)=[N+](C)C)c4)cccc2C3(C)C)c1. The lowest BCUT2D eigenvalue weighted by Crippen LogP contribution is -2.34. The van der Waals surface area contributed by atoms with E-state index in [9.17, 15) is 0 Å². The van der Waals surface area contributed by atoms with E-state index in [0.29, 0.717) is 23.8 Å². The van der Waals surface area contributed by atoms with Gasteiger partial charge in [-0.1, -0.05) is 98.8 Å². The minimum absolute atomic E-state index is 0.439. The smallest absolute Gasteiger partial charge is 0.347 e. The Hall–Kier alpha value is -6.94. The number of fused-ring (bicyclic) bond motifs is 2. The molecule has 0 saturated carbocycles. The van der Waals surface area contributed by atoms with Gasteiger partial charge in [-0.05, 0) is 85.6 Å². The molecule has 0 radical (unpaired) electrons. The summed E-state index contributed by atoms with van der Waals surface area (Å²) in [4.78, 5) is 0. The van der Waals surface area contributed by atoms with Gasteiger partial charge in [0.15, 0.2) is 0 Å². The van der Waals surface area contributed by atoms with Crippen LogP contribution >= 0.6 is 15.8 Å². The molecule has 66 heavy (non-hydrogen) atoms. The van der Waals surface area contributed by atoms with E-state index in [2.05, 4.69) is 144 Å². The molecule has 340 valence electrons. The van der Waals surface area contributed by atoms with Crippen molar-refractivity contribution in [2.45, 2.75) is 19.3 Å². The molecule has 0 atom stereocenters. The van der Waals surface area contributed by atoms with Crippen molar-refractivity contribution in [3.05, 3.63) is 145 Å². The van der Waals surface area contributed by atoms with E-state index in [4.69, 9.17) is 27.7 Å². The maximum absolute atomic E-state index is 7.58. The maximum Gasteiger partial charge on any atom is 0.347 e. The Labute approximate surface area is 391 Å². The number of ether oxygens (including phenoxy) is 1. The van der Waals surface area contributed by atoms with E-state index in [1.807, 2.05) is 98.9 Å². The highest BCUT2D eigenvalue weighted by molar-refractivity contribution is 7.80. The number of anilines is 4. The molecular formula is C51H64N12OP2+4. The molecule has 0 unspecified atom stereocenters. The topological polar surface area (TPSA) is 173 Å². The van der Waals surface area contributed by atoms with Gasteiger partial charge in [-0.15, -0.1) is 0 Å². The number of benzene rings is 6. The molecule has 0 aliphatic carbocycles. The number of hydrogen-bond acceptors (Lipinski definition) is 1. The average molecular weight is 923 g/mol. The van der Waals surface area contributed by atoms with Gasteiger partial charge in [-0.25, -0.2) is 21.3 Å². The summed E-state index contributed by atoms with van der Waals surface area (Å²) >= 11 is 0. The Balaban J connectivity index is 1.45. The van der Waals surface area contributed by atoms with Crippen molar-refractivity contribution in [1.82, 2.24) is 0 Å². The van der Waals surface area contributed by atoms with E-state index >= 15 is 0 Å². The highest BCUT2D eigenvalue weighted by atomic mass is 31.1. The van der Waals surface area contributed by atoms with Crippen LogP contribution in [0.5, 0.6) is 11.5 Å². The second-order valence-electron chi connectivity index (χ2n) is 17.5. The number of guanidine groups is 4. The molecule has 12 N–H and O–H groups in total. The molecule has 0 saturated heterocycles. The molecule has 13 nitrogen and oxygen atoms in total. The van der Waals surface area contributed by atoms with E-state index in [0.717, 1.165) is 77.2 Å². The summed E-state index contributed by atoms with van der Waals surface area (Å²) < 4.78 is 15.0. The standard InChI is InChI=1S/C51H60N12OP2/c1-51(2)41-25-15-27-43(65(37-21-11-17-33(29-37)56-47(52)60(3)4)38-22-12-18-34(30-38)57-48(53)61(5)6)45(41)64-46-42(51)26-16-28-44(46)66(39-23-13-19-35(31-39)58-49(54)62(7)8)40-24-14-20-36(32-40)59-50(55)63(9)10/h11-32H,1-10H3,(H8,52,53,54,55,56,57,58,59)/p+4. The van der Waals surface area contributed by atoms with Crippen LogP contribution in [0.15, 0.2) is 133 Å². The van der Waals surface area contributed by atoms with Crippen LogP contribution in [0.4, 0.5) is 22.7 Å². The van der Waals surface area contributed by atoms with Crippen LogP contribution < -0.4 is 80.8 Å². The summed E-state index contributed by atoms with van der Waals surface area (Å²) in [6, 6.07) is 47.2. The van der Waals surface area contributed by atoms with E-state index in [1.165, 1.54) is 0 Å². The Morgan fingerprint density at radius 2 is 0.667 bits per heavy atom. The van der Waals surface area contributed by atoms with Gasteiger partial charge in [0.2, 0.25) is 0 Å². The zero-order chi connectivity index (χ0) is 47.4. The summed E-state index contributed by atoms with van der Waals surface area (Å²) in [6.07, 6.45) is 0. The van der Waals surface area contributed by atoms with Crippen molar-refractivity contribution in [3.8, 4) is 11.5 Å². The zero-order valence-electron chi connectivity index (χ0n) is 39.6. The van der Waals surface area contributed by atoms with Gasteiger partial charge in [0.25, 0.3) is 0 Å². The van der Waals surface area contributed by atoms with Crippen molar-refractivity contribution >= 4 is 94.3 Å². The lowest BCUT2D eigenvalue weighted by atomic mass is 9.76. The minimum Gasteiger partial charge on any atom is -0.455 e. The van der Waals surface area contributed by atoms with Crippen molar-refractivity contribution in [3.63, 3.8) is 0 Å². The van der Waals surface area contributed by atoms with Crippen molar-refractivity contribution in [2.75, 3.05) is 77.6 Å². The van der Waals surface area contributed by atoms with Crippen LogP contribution in [0.25, 0.3) is 0 Å². The van der Waals surface area contributed by atoms with E-state index in [-0.39, 0.29) is 0 Å². The summed E-state index contributed by atoms with van der Waals surface area (Å²) in [5.74, 6) is 3.88. The molecule has 1 heterocycles.